The van der Waals surface area contributed by atoms with E-state index in [1.54, 1.807) is 17.1 Å². The molecule has 5 heteroatoms. The van der Waals surface area contributed by atoms with Gasteiger partial charge in [-0.1, -0.05) is 12.1 Å². The van der Waals surface area contributed by atoms with Crippen LogP contribution >= 0.6 is 0 Å². The quantitative estimate of drug-likeness (QED) is 0.594. The standard InChI is InChI=1S/C19H25NO4/c1-3-23-17-8-5-15(6-9-17)7-10-18(21)20-13-11-16(12-14-20)19(22)24-4-2/h5-10,16H,3-4,11-14H2,1-2H3/b10-7+. The Labute approximate surface area is 143 Å². The lowest BCUT2D eigenvalue weighted by Gasteiger charge is -2.30. The molecule has 1 aliphatic rings. The molecule has 0 N–H and O–H groups in total. The number of nitrogens with zero attached hydrogens (tertiary/aromatic N) is 1. The molecular weight excluding hydrogens is 306 g/mol. The van der Waals surface area contributed by atoms with Gasteiger partial charge in [-0.25, -0.2) is 0 Å². The van der Waals surface area contributed by atoms with Crippen molar-refractivity contribution in [3.63, 3.8) is 0 Å². The Balaban J connectivity index is 1.83. The van der Waals surface area contributed by atoms with Gasteiger partial charge in [0.1, 0.15) is 5.75 Å². The van der Waals surface area contributed by atoms with E-state index >= 15 is 0 Å². The van der Waals surface area contributed by atoms with Gasteiger partial charge in [0.05, 0.1) is 19.1 Å². The Morgan fingerprint density at radius 1 is 1.12 bits per heavy atom. The third-order valence-corrected chi connectivity index (χ3v) is 4.04. The maximum absolute atomic E-state index is 12.2. The van der Waals surface area contributed by atoms with Crippen LogP contribution in [0, 0.1) is 5.92 Å². The highest BCUT2D eigenvalue weighted by atomic mass is 16.5. The summed E-state index contributed by atoms with van der Waals surface area (Å²) < 4.78 is 10.4. The molecule has 1 heterocycles. The van der Waals surface area contributed by atoms with Crippen LogP contribution in [-0.4, -0.2) is 43.1 Å². The molecule has 0 aliphatic carbocycles. The minimum Gasteiger partial charge on any atom is -0.494 e. The lowest BCUT2D eigenvalue weighted by molar-refractivity contribution is -0.150. The summed E-state index contributed by atoms with van der Waals surface area (Å²) >= 11 is 0. The van der Waals surface area contributed by atoms with Gasteiger partial charge in [0, 0.05) is 19.2 Å². The first-order valence-corrected chi connectivity index (χ1v) is 8.50. The van der Waals surface area contributed by atoms with Gasteiger partial charge in [-0.2, -0.15) is 0 Å². The zero-order valence-corrected chi connectivity index (χ0v) is 14.4. The van der Waals surface area contributed by atoms with Crippen molar-refractivity contribution in [3.8, 4) is 5.75 Å². The van der Waals surface area contributed by atoms with Crippen molar-refractivity contribution in [3.05, 3.63) is 35.9 Å². The molecule has 0 unspecified atom stereocenters. The monoisotopic (exact) mass is 331 g/mol. The molecule has 2 rings (SSSR count). The maximum Gasteiger partial charge on any atom is 0.309 e. The number of carbonyl (C=O) groups excluding carboxylic acids is 2. The van der Waals surface area contributed by atoms with Crippen molar-refractivity contribution in [2.45, 2.75) is 26.7 Å². The molecule has 0 bridgehead atoms. The molecule has 0 spiro atoms. The molecule has 5 nitrogen and oxygen atoms in total. The van der Waals surface area contributed by atoms with Crippen LogP contribution in [0.3, 0.4) is 0 Å². The van der Waals surface area contributed by atoms with Crippen LogP contribution in [0.15, 0.2) is 30.3 Å². The van der Waals surface area contributed by atoms with Crippen molar-refractivity contribution in [2.75, 3.05) is 26.3 Å². The number of benzene rings is 1. The highest BCUT2D eigenvalue weighted by Gasteiger charge is 2.27. The van der Waals surface area contributed by atoms with Gasteiger partial charge in [-0.05, 0) is 50.5 Å². The first-order chi connectivity index (χ1) is 11.6. The first-order valence-electron chi connectivity index (χ1n) is 8.50. The van der Waals surface area contributed by atoms with Crippen LogP contribution < -0.4 is 4.74 Å². The number of rotatable bonds is 6. The number of hydrogen-bond acceptors (Lipinski definition) is 4. The molecule has 1 aromatic carbocycles. The molecule has 24 heavy (non-hydrogen) atoms. The van der Waals surface area contributed by atoms with E-state index in [1.165, 1.54) is 0 Å². The molecule has 0 radical (unpaired) electrons. The van der Waals surface area contributed by atoms with Crippen molar-refractivity contribution in [2.24, 2.45) is 5.92 Å². The summed E-state index contributed by atoms with van der Waals surface area (Å²) in [7, 11) is 0. The van der Waals surface area contributed by atoms with Crippen molar-refractivity contribution in [1.29, 1.82) is 0 Å². The first kappa shape index (κ1) is 18.0. The minimum absolute atomic E-state index is 0.0220. The normalized spacial score (nSPS) is 15.5. The molecule has 0 atom stereocenters. The summed E-state index contributed by atoms with van der Waals surface area (Å²) in [5.41, 5.74) is 0.952. The zero-order chi connectivity index (χ0) is 17.4. The van der Waals surface area contributed by atoms with Crippen LogP contribution in [0.25, 0.3) is 6.08 Å². The third-order valence-electron chi connectivity index (χ3n) is 4.04. The van der Waals surface area contributed by atoms with Gasteiger partial charge in [-0.3, -0.25) is 9.59 Å². The van der Waals surface area contributed by atoms with Crippen LogP contribution in [0.5, 0.6) is 5.75 Å². The van der Waals surface area contributed by atoms with E-state index in [4.69, 9.17) is 9.47 Å². The number of ether oxygens (including phenoxy) is 2. The fraction of sp³-hybridized carbons (Fsp3) is 0.474. The number of amides is 1. The topological polar surface area (TPSA) is 55.8 Å². The van der Waals surface area contributed by atoms with Crippen molar-refractivity contribution >= 4 is 18.0 Å². The lowest BCUT2D eigenvalue weighted by Crippen LogP contribution is -2.39. The number of esters is 1. The largest absolute Gasteiger partial charge is 0.494 e. The van der Waals surface area contributed by atoms with E-state index in [-0.39, 0.29) is 17.8 Å². The van der Waals surface area contributed by atoms with Crippen LogP contribution in [0.4, 0.5) is 0 Å². The fourth-order valence-electron chi connectivity index (χ4n) is 2.71. The van der Waals surface area contributed by atoms with Crippen LogP contribution in [-0.2, 0) is 14.3 Å². The maximum atomic E-state index is 12.2. The zero-order valence-electron chi connectivity index (χ0n) is 14.4. The Bertz CT molecular complexity index is 572. The second-order valence-corrected chi connectivity index (χ2v) is 5.69. The number of carbonyl (C=O) groups is 2. The van der Waals surface area contributed by atoms with E-state index in [0.717, 1.165) is 11.3 Å². The SMILES string of the molecule is CCOC(=O)C1CCN(C(=O)/C=C/c2ccc(OCC)cc2)CC1. The van der Waals surface area contributed by atoms with E-state index in [2.05, 4.69) is 0 Å². The third kappa shape index (κ3) is 5.11. The molecule has 0 aromatic heterocycles. The summed E-state index contributed by atoms with van der Waals surface area (Å²) in [6.07, 6.45) is 4.72. The van der Waals surface area contributed by atoms with Crippen molar-refractivity contribution < 1.29 is 19.1 Å². The second-order valence-electron chi connectivity index (χ2n) is 5.69. The predicted molar refractivity (Wildman–Crippen MR) is 92.6 cm³/mol. The molecule has 1 saturated heterocycles. The van der Waals surface area contributed by atoms with Gasteiger partial charge in [-0.15, -0.1) is 0 Å². The highest BCUT2D eigenvalue weighted by molar-refractivity contribution is 5.92. The van der Waals surface area contributed by atoms with Gasteiger partial charge in [0.25, 0.3) is 0 Å². The van der Waals surface area contributed by atoms with E-state index in [1.807, 2.05) is 38.1 Å². The average Bonchev–Trinajstić information content (AvgIpc) is 2.61. The highest BCUT2D eigenvalue weighted by Crippen LogP contribution is 2.19. The van der Waals surface area contributed by atoms with Gasteiger partial charge < -0.3 is 14.4 Å². The summed E-state index contributed by atoms with van der Waals surface area (Å²) in [6, 6.07) is 7.61. The van der Waals surface area contributed by atoms with Crippen molar-refractivity contribution in [1.82, 2.24) is 4.90 Å². The molecule has 1 aliphatic heterocycles. The molecule has 1 aromatic rings. The Morgan fingerprint density at radius 3 is 2.38 bits per heavy atom. The molecule has 1 fully saturated rings. The second kappa shape index (κ2) is 9.11. The Morgan fingerprint density at radius 2 is 1.79 bits per heavy atom. The number of piperidine rings is 1. The summed E-state index contributed by atoms with van der Waals surface area (Å²) in [4.78, 5) is 25.7. The number of hydrogen-bond donors (Lipinski definition) is 0. The van der Waals surface area contributed by atoms with E-state index in [9.17, 15) is 9.59 Å². The Hall–Kier alpha value is -2.30. The Kier molecular flexibility index (Phi) is 6.85. The average molecular weight is 331 g/mol. The molecule has 1 amide bonds. The smallest absolute Gasteiger partial charge is 0.309 e. The summed E-state index contributed by atoms with van der Waals surface area (Å²) in [6.45, 7) is 5.98. The summed E-state index contributed by atoms with van der Waals surface area (Å²) in [5.74, 6) is 0.576. The van der Waals surface area contributed by atoms with Gasteiger partial charge in [0.15, 0.2) is 0 Å². The molecule has 0 saturated carbocycles. The fourth-order valence-corrected chi connectivity index (χ4v) is 2.71. The summed E-state index contributed by atoms with van der Waals surface area (Å²) in [5, 5.41) is 0. The molecule has 130 valence electrons. The van der Waals surface area contributed by atoms with E-state index < -0.39 is 0 Å². The number of likely N-dealkylation sites (tertiary alicyclic amines) is 1. The minimum atomic E-state index is -0.144. The van der Waals surface area contributed by atoms with Gasteiger partial charge in [0.2, 0.25) is 5.91 Å². The van der Waals surface area contributed by atoms with Crippen LogP contribution in [0.1, 0.15) is 32.3 Å². The lowest BCUT2D eigenvalue weighted by atomic mass is 9.97. The molecular formula is C19H25NO4. The van der Waals surface area contributed by atoms with Gasteiger partial charge >= 0.3 is 5.97 Å². The van der Waals surface area contributed by atoms with E-state index in [0.29, 0.717) is 39.1 Å². The predicted octanol–water partition coefficient (Wildman–Crippen LogP) is 2.90. The van der Waals surface area contributed by atoms with Crippen LogP contribution in [0.2, 0.25) is 0 Å².